The van der Waals surface area contributed by atoms with Crippen molar-refractivity contribution < 1.29 is 9.53 Å². The van der Waals surface area contributed by atoms with Gasteiger partial charge in [-0.15, -0.1) is 11.3 Å². The molecule has 3 aromatic heterocycles. The number of H-pyrrole nitrogens is 1. The van der Waals surface area contributed by atoms with Crippen LogP contribution in [0.25, 0.3) is 21.1 Å². The van der Waals surface area contributed by atoms with Crippen molar-refractivity contribution in [3.63, 3.8) is 0 Å². The molecule has 1 atom stereocenters. The van der Waals surface area contributed by atoms with Crippen LogP contribution in [0.4, 0.5) is 5.82 Å². The molecule has 5 rings (SSSR count). The lowest BCUT2D eigenvalue weighted by molar-refractivity contribution is 0.0531. The third-order valence-corrected chi connectivity index (χ3v) is 7.58. The highest BCUT2D eigenvalue weighted by Crippen LogP contribution is 2.36. The van der Waals surface area contributed by atoms with Crippen molar-refractivity contribution >= 4 is 56.0 Å². The van der Waals surface area contributed by atoms with Gasteiger partial charge >= 0.3 is 5.97 Å². The predicted octanol–water partition coefficient (Wildman–Crippen LogP) is 4.84. The first-order valence-corrected chi connectivity index (χ1v) is 12.5. The molecule has 8 nitrogen and oxygen atoms in total. The van der Waals surface area contributed by atoms with Crippen LogP contribution >= 0.6 is 23.1 Å². The zero-order valence-corrected chi connectivity index (χ0v) is 20.1. The Morgan fingerprint density at radius 2 is 2.09 bits per heavy atom. The molecule has 1 aliphatic carbocycles. The molecular formula is C23H23N5O3S2. The molecule has 0 spiro atoms. The van der Waals surface area contributed by atoms with Crippen molar-refractivity contribution in [2.45, 2.75) is 50.1 Å². The first-order chi connectivity index (χ1) is 15.9. The van der Waals surface area contributed by atoms with E-state index in [4.69, 9.17) is 14.7 Å². The fraction of sp³-hybridized carbons (Fsp3) is 0.348. The zero-order valence-electron chi connectivity index (χ0n) is 18.5. The van der Waals surface area contributed by atoms with Gasteiger partial charge in [0.25, 0.3) is 5.56 Å². The Morgan fingerprint density at radius 1 is 1.30 bits per heavy atom. The van der Waals surface area contributed by atoms with Crippen molar-refractivity contribution in [3.05, 3.63) is 50.9 Å². The molecule has 1 saturated carbocycles. The molecule has 1 aliphatic rings. The summed E-state index contributed by atoms with van der Waals surface area (Å²) in [4.78, 5) is 43.0. The van der Waals surface area contributed by atoms with Gasteiger partial charge < -0.3 is 15.0 Å². The first-order valence-electron chi connectivity index (χ1n) is 10.8. The van der Waals surface area contributed by atoms with Crippen LogP contribution in [0.5, 0.6) is 0 Å². The summed E-state index contributed by atoms with van der Waals surface area (Å²) < 4.78 is 5.12. The van der Waals surface area contributed by atoms with Gasteiger partial charge in [0.2, 0.25) is 0 Å². The number of aromatic nitrogens is 4. The van der Waals surface area contributed by atoms with Gasteiger partial charge in [0.15, 0.2) is 5.16 Å². The van der Waals surface area contributed by atoms with Gasteiger partial charge in [0, 0.05) is 11.4 Å². The average molecular weight is 482 g/mol. The van der Waals surface area contributed by atoms with Crippen LogP contribution in [0.2, 0.25) is 0 Å². The molecule has 1 fully saturated rings. The Morgan fingerprint density at radius 3 is 2.85 bits per heavy atom. The van der Waals surface area contributed by atoms with Gasteiger partial charge in [-0.05, 0) is 51.3 Å². The minimum atomic E-state index is -0.429. The molecule has 0 radical (unpaired) electrons. The van der Waals surface area contributed by atoms with Crippen molar-refractivity contribution in [1.29, 1.82) is 0 Å². The second kappa shape index (κ2) is 8.75. The molecule has 0 bridgehead atoms. The monoisotopic (exact) mass is 481 g/mol. The SMILES string of the molecule is CCOC(=O)c1sc2nc(C(C)Sc3nc(NC4CC4)c4ccccc4n3)[nH]c(=O)c2c1C. The van der Waals surface area contributed by atoms with E-state index in [0.29, 0.717) is 37.7 Å². The van der Waals surface area contributed by atoms with E-state index in [2.05, 4.69) is 15.3 Å². The molecule has 4 aromatic rings. The highest BCUT2D eigenvalue weighted by molar-refractivity contribution is 7.99. The number of thiophene rings is 1. The Balaban J connectivity index is 1.48. The van der Waals surface area contributed by atoms with E-state index in [-0.39, 0.29) is 17.4 Å². The number of anilines is 1. The van der Waals surface area contributed by atoms with Gasteiger partial charge in [-0.2, -0.15) is 0 Å². The van der Waals surface area contributed by atoms with Crippen LogP contribution in [0.1, 0.15) is 53.0 Å². The number of aromatic amines is 1. The molecule has 33 heavy (non-hydrogen) atoms. The number of carbonyl (C=O) groups is 1. The number of thioether (sulfide) groups is 1. The topological polar surface area (TPSA) is 110 Å². The number of hydrogen-bond donors (Lipinski definition) is 2. The minimum absolute atomic E-state index is 0.203. The lowest BCUT2D eigenvalue weighted by Crippen LogP contribution is -2.13. The Hall–Kier alpha value is -2.98. The van der Waals surface area contributed by atoms with Gasteiger partial charge in [-0.1, -0.05) is 23.9 Å². The summed E-state index contributed by atoms with van der Waals surface area (Å²) in [7, 11) is 0. The summed E-state index contributed by atoms with van der Waals surface area (Å²) in [5.41, 5.74) is 1.21. The number of nitrogens with zero attached hydrogens (tertiary/aromatic N) is 3. The lowest BCUT2D eigenvalue weighted by atomic mass is 10.2. The van der Waals surface area contributed by atoms with E-state index >= 15 is 0 Å². The normalized spacial score (nSPS) is 14.5. The number of benzene rings is 1. The molecule has 170 valence electrons. The molecule has 0 amide bonds. The Labute approximate surface area is 198 Å². The van der Waals surface area contributed by atoms with Crippen LogP contribution in [-0.2, 0) is 4.74 Å². The highest BCUT2D eigenvalue weighted by Gasteiger charge is 2.24. The zero-order chi connectivity index (χ0) is 23.1. The maximum absolute atomic E-state index is 12.8. The van der Waals surface area contributed by atoms with Crippen LogP contribution < -0.4 is 10.9 Å². The molecule has 1 aromatic carbocycles. The van der Waals surface area contributed by atoms with E-state index in [9.17, 15) is 9.59 Å². The Bertz CT molecular complexity index is 1430. The summed E-state index contributed by atoms with van der Waals surface area (Å²) in [5, 5.41) is 5.33. The summed E-state index contributed by atoms with van der Waals surface area (Å²) in [6.45, 7) is 5.73. The number of ether oxygens (including phenoxy) is 1. The number of rotatable bonds is 7. The van der Waals surface area contributed by atoms with Crippen LogP contribution in [0, 0.1) is 6.92 Å². The molecule has 0 saturated heterocycles. The molecule has 3 heterocycles. The maximum Gasteiger partial charge on any atom is 0.348 e. The van der Waals surface area contributed by atoms with E-state index < -0.39 is 5.97 Å². The average Bonchev–Trinajstić information content (AvgIpc) is 3.54. The number of hydrogen-bond acceptors (Lipinski definition) is 9. The fourth-order valence-electron chi connectivity index (χ4n) is 3.60. The first kappa shape index (κ1) is 21.8. The number of carbonyl (C=O) groups excluding carboxylic acids is 1. The second-order valence-corrected chi connectivity index (χ2v) is 10.3. The van der Waals surface area contributed by atoms with Crippen molar-refractivity contribution in [1.82, 2.24) is 19.9 Å². The number of nitrogens with one attached hydrogen (secondary N) is 2. The van der Waals surface area contributed by atoms with Crippen LogP contribution in [0.15, 0.2) is 34.2 Å². The molecular weight excluding hydrogens is 458 g/mol. The quantitative estimate of drug-likeness (QED) is 0.219. The summed E-state index contributed by atoms with van der Waals surface area (Å²) in [6.07, 6.45) is 2.30. The summed E-state index contributed by atoms with van der Waals surface area (Å²) >= 11 is 2.62. The number of para-hydroxylation sites is 1. The van der Waals surface area contributed by atoms with E-state index in [0.717, 1.165) is 29.6 Å². The Kier molecular flexibility index (Phi) is 5.79. The van der Waals surface area contributed by atoms with E-state index in [1.807, 2.05) is 31.2 Å². The van der Waals surface area contributed by atoms with Crippen LogP contribution in [0.3, 0.4) is 0 Å². The third-order valence-electron chi connectivity index (χ3n) is 5.45. The second-order valence-electron chi connectivity index (χ2n) is 7.96. The predicted molar refractivity (Wildman–Crippen MR) is 131 cm³/mol. The van der Waals surface area contributed by atoms with Gasteiger partial charge in [-0.3, -0.25) is 4.79 Å². The standard InChI is InChI=1S/C23H23N5O3S2/c1-4-31-22(30)17-11(2)16-20(29)26-18(27-21(16)33-17)12(3)32-23-25-15-8-6-5-7-14(15)19(28-23)24-13-9-10-13/h5-8,12-13H,4,9-10H2,1-3H3,(H,24,25,28)(H,26,27,29). The number of fused-ring (bicyclic) bond motifs is 2. The molecule has 2 N–H and O–H groups in total. The molecule has 0 aliphatic heterocycles. The smallest absolute Gasteiger partial charge is 0.348 e. The summed E-state index contributed by atoms with van der Waals surface area (Å²) in [5.74, 6) is 0.923. The highest BCUT2D eigenvalue weighted by atomic mass is 32.2. The fourth-order valence-corrected chi connectivity index (χ4v) is 5.51. The molecule has 1 unspecified atom stereocenters. The third kappa shape index (κ3) is 4.32. The van der Waals surface area contributed by atoms with Gasteiger partial charge in [0.05, 0.1) is 22.8 Å². The van der Waals surface area contributed by atoms with Crippen molar-refractivity contribution in [3.8, 4) is 0 Å². The largest absolute Gasteiger partial charge is 0.462 e. The minimum Gasteiger partial charge on any atom is -0.462 e. The van der Waals surface area contributed by atoms with Crippen LogP contribution in [-0.4, -0.2) is 38.6 Å². The molecule has 10 heteroatoms. The van der Waals surface area contributed by atoms with Gasteiger partial charge in [0.1, 0.15) is 21.3 Å². The summed E-state index contributed by atoms with van der Waals surface area (Å²) in [6, 6.07) is 8.40. The van der Waals surface area contributed by atoms with Crippen molar-refractivity contribution in [2.75, 3.05) is 11.9 Å². The van der Waals surface area contributed by atoms with E-state index in [1.165, 1.54) is 23.1 Å². The number of esters is 1. The van der Waals surface area contributed by atoms with Crippen molar-refractivity contribution in [2.24, 2.45) is 0 Å². The number of aryl methyl sites for hydroxylation is 1. The maximum atomic E-state index is 12.8. The van der Waals surface area contributed by atoms with Gasteiger partial charge in [-0.25, -0.2) is 19.7 Å². The lowest BCUT2D eigenvalue weighted by Gasteiger charge is -2.13. The van der Waals surface area contributed by atoms with E-state index in [1.54, 1.807) is 13.8 Å².